The molecule has 0 radical (unpaired) electrons. The maximum absolute atomic E-state index is 13.3. The molecular weight excluding hydrogens is 793 g/mol. The number of methoxy groups -OCH3 is 1. The summed E-state index contributed by atoms with van der Waals surface area (Å²) < 4.78 is 211. The van der Waals surface area contributed by atoms with Gasteiger partial charge in [-0.25, -0.2) is 14.4 Å². The lowest BCUT2D eigenvalue weighted by atomic mass is 9.91. The van der Waals surface area contributed by atoms with Crippen molar-refractivity contribution in [3.63, 3.8) is 0 Å². The molecule has 316 valence electrons. The first-order valence-electron chi connectivity index (χ1n) is 14.8. The summed E-state index contributed by atoms with van der Waals surface area (Å²) in [5.74, 6) is -49.1. The molecule has 0 heterocycles. The molecule has 0 aliphatic carbocycles. The molecule has 0 aromatic heterocycles. The number of benzene rings is 1. The van der Waals surface area contributed by atoms with Gasteiger partial charge in [0.2, 0.25) is 0 Å². The summed E-state index contributed by atoms with van der Waals surface area (Å²) >= 11 is 0. The van der Waals surface area contributed by atoms with Gasteiger partial charge in [0.05, 0.1) is 20.3 Å². The van der Waals surface area contributed by atoms with E-state index in [4.69, 9.17) is 9.47 Å². The molecule has 0 N–H and O–H groups in total. The van der Waals surface area contributed by atoms with E-state index >= 15 is 0 Å². The molecule has 0 amide bonds. The van der Waals surface area contributed by atoms with Crippen LogP contribution in [0, 0.1) is 0 Å². The Bertz CT molecular complexity index is 1470. The molecule has 0 saturated heterocycles. The number of esters is 3. The Morgan fingerprint density at radius 3 is 1.47 bits per heavy atom. The van der Waals surface area contributed by atoms with Crippen molar-refractivity contribution in [1.29, 1.82) is 0 Å². The van der Waals surface area contributed by atoms with Crippen molar-refractivity contribution < 1.29 is 99.2 Å². The summed E-state index contributed by atoms with van der Waals surface area (Å²) in [7, 11) is 1.35. The molecule has 22 heteroatoms. The Labute approximate surface area is 305 Å². The monoisotopic (exact) mass is 830 g/mol. The van der Waals surface area contributed by atoms with Crippen molar-refractivity contribution in [3.05, 3.63) is 60.2 Å². The first-order chi connectivity index (χ1) is 24.4. The number of halogens is 15. The van der Waals surface area contributed by atoms with Crippen LogP contribution in [0.1, 0.15) is 52.5 Å². The average Bonchev–Trinajstić information content (AvgIpc) is 3.06. The SMILES string of the molecule is C.C=C(C)C(=O)OCC(F)(F)C(F)(F)C(F)(F)C(F)(F)C(F)(F)C(F)(F)C(F)(F)F.C=C(C)C(=O)OCCCCCCOc1ccc(/C=C/C(=O)OC)cc1. The quantitative estimate of drug-likeness (QED) is 0.0451. The Balaban J connectivity index is 0. The van der Waals surface area contributed by atoms with Gasteiger partial charge in [-0.2, -0.15) is 65.9 Å². The van der Waals surface area contributed by atoms with E-state index in [0.29, 0.717) is 25.7 Å². The van der Waals surface area contributed by atoms with Crippen LogP contribution >= 0.6 is 0 Å². The third-order valence-electron chi connectivity index (χ3n) is 6.51. The zero-order valence-corrected chi connectivity index (χ0v) is 28.4. The van der Waals surface area contributed by atoms with Crippen LogP contribution < -0.4 is 4.74 Å². The molecule has 0 saturated carbocycles. The first-order valence-corrected chi connectivity index (χ1v) is 14.8. The topological polar surface area (TPSA) is 88.1 Å². The third-order valence-corrected chi connectivity index (χ3v) is 6.51. The van der Waals surface area contributed by atoms with Crippen molar-refractivity contribution >= 4 is 24.0 Å². The van der Waals surface area contributed by atoms with Crippen molar-refractivity contribution in [2.24, 2.45) is 0 Å². The highest BCUT2D eigenvalue weighted by atomic mass is 19.4. The number of ether oxygens (including phenoxy) is 4. The highest BCUT2D eigenvalue weighted by Crippen LogP contribution is 2.62. The zero-order valence-electron chi connectivity index (χ0n) is 28.4. The average molecular weight is 831 g/mol. The third kappa shape index (κ3) is 13.4. The summed E-state index contributed by atoms with van der Waals surface area (Å²) in [5.41, 5.74) is 0.528. The van der Waals surface area contributed by atoms with E-state index in [0.717, 1.165) is 37.0 Å². The van der Waals surface area contributed by atoms with Gasteiger partial charge in [0.25, 0.3) is 0 Å². The predicted molar refractivity (Wildman–Crippen MR) is 165 cm³/mol. The fourth-order valence-electron chi connectivity index (χ4n) is 3.31. The highest BCUT2D eigenvalue weighted by molar-refractivity contribution is 5.87. The summed E-state index contributed by atoms with van der Waals surface area (Å²) in [6.45, 7) is 6.52. The van der Waals surface area contributed by atoms with E-state index in [1.165, 1.54) is 13.2 Å². The lowest BCUT2D eigenvalue weighted by Crippen LogP contribution is -2.73. The first kappa shape index (κ1) is 52.7. The Kier molecular flexibility index (Phi) is 19.6. The van der Waals surface area contributed by atoms with Crippen LogP contribution in [0.25, 0.3) is 6.08 Å². The second-order valence-electron chi connectivity index (χ2n) is 11.0. The van der Waals surface area contributed by atoms with Gasteiger partial charge in [-0.15, -0.1) is 0 Å². The second kappa shape index (κ2) is 20.5. The summed E-state index contributed by atoms with van der Waals surface area (Å²) in [6, 6.07) is 7.50. The van der Waals surface area contributed by atoms with Crippen LogP contribution in [0.15, 0.2) is 54.6 Å². The minimum Gasteiger partial charge on any atom is -0.494 e. The lowest BCUT2D eigenvalue weighted by Gasteiger charge is -2.41. The van der Waals surface area contributed by atoms with Gasteiger partial charge < -0.3 is 18.9 Å². The van der Waals surface area contributed by atoms with E-state index in [1.54, 1.807) is 13.0 Å². The normalized spacial score (nSPS) is 12.8. The molecule has 0 unspecified atom stereocenters. The summed E-state index contributed by atoms with van der Waals surface area (Å²) in [4.78, 5) is 33.0. The Morgan fingerprint density at radius 1 is 0.618 bits per heavy atom. The second-order valence-corrected chi connectivity index (χ2v) is 11.0. The molecule has 1 rings (SSSR count). The Hall–Kier alpha value is -4.40. The number of unbranched alkanes of at least 4 members (excludes halogenated alkanes) is 3. The fraction of sp³-hybridized carbons (Fsp3) is 0.545. The number of alkyl halides is 15. The van der Waals surface area contributed by atoms with E-state index in [-0.39, 0.29) is 19.4 Å². The molecule has 1 aromatic rings. The zero-order chi connectivity index (χ0) is 42.6. The highest BCUT2D eigenvalue weighted by Gasteiger charge is 2.93. The maximum Gasteiger partial charge on any atom is 0.460 e. The van der Waals surface area contributed by atoms with Crippen molar-refractivity contribution in [2.45, 2.75) is 88.7 Å². The molecular formula is C33H37F15O7. The number of hydrogen-bond donors (Lipinski definition) is 0. The number of rotatable bonds is 19. The van der Waals surface area contributed by atoms with Gasteiger partial charge in [0.15, 0.2) is 6.61 Å². The molecule has 55 heavy (non-hydrogen) atoms. The minimum atomic E-state index is -8.37. The largest absolute Gasteiger partial charge is 0.494 e. The van der Waals surface area contributed by atoms with Crippen LogP contribution in [0.3, 0.4) is 0 Å². The smallest absolute Gasteiger partial charge is 0.460 e. The maximum atomic E-state index is 13.3. The van der Waals surface area contributed by atoms with Crippen LogP contribution in [0.4, 0.5) is 65.9 Å². The summed E-state index contributed by atoms with van der Waals surface area (Å²) in [5, 5.41) is 0. The van der Waals surface area contributed by atoms with Gasteiger partial charge in [-0.3, -0.25) is 0 Å². The fourth-order valence-corrected chi connectivity index (χ4v) is 3.31. The molecule has 0 fully saturated rings. The van der Waals surface area contributed by atoms with Gasteiger partial charge in [-0.1, -0.05) is 32.7 Å². The molecule has 0 spiro atoms. The van der Waals surface area contributed by atoms with Gasteiger partial charge >= 0.3 is 59.6 Å². The van der Waals surface area contributed by atoms with Gasteiger partial charge in [0, 0.05) is 17.2 Å². The van der Waals surface area contributed by atoms with E-state index in [9.17, 15) is 80.2 Å². The molecule has 0 aliphatic rings. The van der Waals surface area contributed by atoms with Gasteiger partial charge in [0.1, 0.15) is 5.75 Å². The molecule has 7 nitrogen and oxygen atoms in total. The van der Waals surface area contributed by atoms with Crippen LogP contribution in [-0.4, -0.2) is 86.5 Å². The van der Waals surface area contributed by atoms with E-state index in [1.807, 2.05) is 24.3 Å². The van der Waals surface area contributed by atoms with E-state index in [2.05, 4.69) is 22.6 Å². The van der Waals surface area contributed by atoms with Crippen molar-refractivity contribution in [2.75, 3.05) is 26.9 Å². The molecule has 0 aliphatic heterocycles. The lowest BCUT2D eigenvalue weighted by molar-refractivity contribution is -0.453. The van der Waals surface area contributed by atoms with Crippen LogP contribution in [0.5, 0.6) is 5.75 Å². The van der Waals surface area contributed by atoms with Crippen molar-refractivity contribution in [3.8, 4) is 5.75 Å². The minimum absolute atomic E-state index is 0. The number of carbonyl (C=O) groups is 3. The van der Waals surface area contributed by atoms with E-state index < -0.39 is 59.9 Å². The number of hydrogen-bond acceptors (Lipinski definition) is 7. The van der Waals surface area contributed by atoms with Crippen molar-refractivity contribution in [1.82, 2.24) is 0 Å². The van der Waals surface area contributed by atoms with Crippen LogP contribution in [0.2, 0.25) is 0 Å². The number of carbonyl (C=O) groups excluding carboxylic acids is 3. The van der Waals surface area contributed by atoms with Crippen LogP contribution in [-0.2, 0) is 28.6 Å². The summed E-state index contributed by atoms with van der Waals surface area (Å²) in [6.07, 6.45) is -0.794. The molecule has 0 bridgehead atoms. The Morgan fingerprint density at radius 2 is 1.04 bits per heavy atom. The van der Waals surface area contributed by atoms with Gasteiger partial charge in [-0.05, 0) is 63.3 Å². The standard InChI is InChI=1S/C20H26O5.C12H7F15O2.CH4/c1-16(2)20(22)25-15-7-5-4-6-14-24-18-11-8-17(9-12-18)10-13-19(21)23-3;1-4(2)5(28)29-3-6(13,14)7(15,16)8(17,18)9(19,20)10(21,22)11(23,24)12(25,26)27;/h8-13H,1,4-7,14-15H2,2-3H3;1,3H2,2H3;1H4/b13-10+;;. The molecule has 1 aromatic carbocycles. The predicted octanol–water partition coefficient (Wildman–Crippen LogP) is 10.0. The molecule has 0 atom stereocenters.